The molecule has 0 unspecified atom stereocenters. The second kappa shape index (κ2) is 6.30. The van der Waals surface area contributed by atoms with Gasteiger partial charge in [-0.05, 0) is 56.0 Å². The third-order valence-electron chi connectivity index (χ3n) is 3.63. The third-order valence-corrected chi connectivity index (χ3v) is 5.41. The topological polar surface area (TPSA) is 49.8 Å². The van der Waals surface area contributed by atoms with Crippen molar-refractivity contribution < 1.29 is 4.79 Å². The zero-order valence-electron chi connectivity index (χ0n) is 12.0. The molecule has 0 atom stereocenters. The van der Waals surface area contributed by atoms with Gasteiger partial charge >= 0.3 is 0 Å². The molecule has 0 spiro atoms. The molecule has 0 fully saturated rings. The maximum Gasteiger partial charge on any atom is 0.267 e. The summed E-state index contributed by atoms with van der Waals surface area (Å²) in [5.41, 5.74) is 2.99. The van der Waals surface area contributed by atoms with Crippen molar-refractivity contribution in [3.05, 3.63) is 56.9 Å². The Morgan fingerprint density at radius 3 is 2.82 bits per heavy atom. The summed E-state index contributed by atoms with van der Waals surface area (Å²) in [6, 6.07) is 10.1. The molecule has 0 bridgehead atoms. The summed E-state index contributed by atoms with van der Waals surface area (Å²) in [6.45, 7) is 0.598. The summed E-state index contributed by atoms with van der Waals surface area (Å²) in [4.78, 5) is 15.1. The van der Waals surface area contributed by atoms with E-state index in [0.29, 0.717) is 12.2 Å². The molecule has 3 aromatic rings. The van der Waals surface area contributed by atoms with Crippen LogP contribution in [-0.2, 0) is 13.5 Å². The van der Waals surface area contributed by atoms with Crippen LogP contribution in [0.25, 0.3) is 10.9 Å². The first-order valence-corrected chi connectivity index (χ1v) is 8.50. The number of para-hydroxylation sites is 1. The van der Waals surface area contributed by atoms with Crippen molar-refractivity contribution in [1.82, 2.24) is 14.9 Å². The summed E-state index contributed by atoms with van der Waals surface area (Å²) in [6.07, 6.45) is 2.93. The van der Waals surface area contributed by atoms with Crippen LogP contribution in [0.1, 0.15) is 16.1 Å². The zero-order valence-corrected chi connectivity index (χ0v) is 15.2. The monoisotopic (exact) mass is 423 g/mol. The van der Waals surface area contributed by atoms with E-state index < -0.39 is 0 Å². The average molecular weight is 425 g/mol. The van der Waals surface area contributed by atoms with Crippen LogP contribution in [0.3, 0.4) is 0 Å². The molecule has 22 heavy (non-hydrogen) atoms. The van der Waals surface area contributed by atoms with Crippen LogP contribution in [0.5, 0.6) is 0 Å². The molecule has 2 aromatic heterocycles. The number of halogens is 2. The van der Waals surface area contributed by atoms with Gasteiger partial charge in [0.1, 0.15) is 5.69 Å². The van der Waals surface area contributed by atoms with E-state index in [4.69, 9.17) is 0 Å². The largest absolute Gasteiger partial charge is 0.350 e. The number of carbonyl (C=O) groups is 1. The fourth-order valence-electron chi connectivity index (χ4n) is 2.56. The van der Waals surface area contributed by atoms with Crippen LogP contribution in [0, 0.1) is 0 Å². The summed E-state index contributed by atoms with van der Waals surface area (Å²) in [7, 11) is 2.04. The quantitative estimate of drug-likeness (QED) is 0.653. The van der Waals surface area contributed by atoms with E-state index in [9.17, 15) is 4.79 Å². The number of carbonyl (C=O) groups excluding carboxylic acids is 1. The van der Waals surface area contributed by atoms with Gasteiger partial charge in [-0.15, -0.1) is 0 Å². The highest BCUT2D eigenvalue weighted by Crippen LogP contribution is 2.23. The summed E-state index contributed by atoms with van der Waals surface area (Å²) in [5, 5.41) is 4.18. The normalized spacial score (nSPS) is 11.0. The fraction of sp³-hybridized carbons (Fsp3) is 0.188. The molecule has 0 aliphatic carbocycles. The van der Waals surface area contributed by atoms with Gasteiger partial charge in [-0.25, -0.2) is 0 Å². The van der Waals surface area contributed by atoms with Gasteiger partial charge < -0.3 is 14.9 Å². The lowest BCUT2D eigenvalue weighted by atomic mass is 10.1. The molecule has 0 saturated carbocycles. The molecule has 0 aliphatic rings. The van der Waals surface area contributed by atoms with Crippen LogP contribution in [-0.4, -0.2) is 22.0 Å². The molecule has 1 amide bonds. The average Bonchev–Trinajstić information content (AvgIpc) is 3.01. The summed E-state index contributed by atoms with van der Waals surface area (Å²) >= 11 is 6.69. The molecule has 6 heteroatoms. The Hall–Kier alpha value is -1.53. The second-order valence-electron chi connectivity index (χ2n) is 5.13. The van der Waals surface area contributed by atoms with Gasteiger partial charge in [0.25, 0.3) is 5.91 Å². The van der Waals surface area contributed by atoms with Crippen LogP contribution in [0.15, 0.2) is 45.6 Å². The lowest BCUT2D eigenvalue weighted by Gasteiger charge is -2.03. The number of fused-ring (bicyclic) bond motifs is 1. The summed E-state index contributed by atoms with van der Waals surface area (Å²) < 4.78 is 3.73. The predicted molar refractivity (Wildman–Crippen MR) is 95.1 cm³/mol. The third kappa shape index (κ3) is 2.98. The van der Waals surface area contributed by atoms with Crippen LogP contribution < -0.4 is 5.32 Å². The summed E-state index contributed by atoms with van der Waals surface area (Å²) in [5.74, 6) is -0.105. The maximum atomic E-state index is 12.1. The number of hydrogen-bond acceptors (Lipinski definition) is 1. The number of amides is 1. The smallest absolute Gasteiger partial charge is 0.267 e. The van der Waals surface area contributed by atoms with Crippen LogP contribution in [0.4, 0.5) is 0 Å². The predicted octanol–water partition coefficient (Wildman–Crippen LogP) is 4.00. The Balaban J connectivity index is 1.66. The molecule has 0 radical (unpaired) electrons. The highest BCUT2D eigenvalue weighted by molar-refractivity contribution is 9.13. The van der Waals surface area contributed by atoms with Gasteiger partial charge in [-0.2, -0.15) is 0 Å². The standard InChI is InChI=1S/C16H15Br2N3O/c1-21-9-10(11-4-2-3-5-14(11)21)6-7-19-16(22)13-8-12(17)15(18)20-13/h2-5,8-9,20H,6-7H2,1H3,(H,19,22). The van der Waals surface area contributed by atoms with Crippen molar-refractivity contribution in [2.45, 2.75) is 6.42 Å². The van der Waals surface area contributed by atoms with E-state index in [-0.39, 0.29) is 5.91 Å². The minimum absolute atomic E-state index is 0.105. The number of nitrogens with one attached hydrogen (secondary N) is 2. The fourth-order valence-corrected chi connectivity index (χ4v) is 3.21. The van der Waals surface area contributed by atoms with E-state index in [0.717, 1.165) is 15.5 Å². The van der Waals surface area contributed by atoms with Crippen LogP contribution >= 0.6 is 31.9 Å². The highest BCUT2D eigenvalue weighted by Gasteiger charge is 2.11. The van der Waals surface area contributed by atoms with Crippen LogP contribution in [0.2, 0.25) is 0 Å². The first-order valence-electron chi connectivity index (χ1n) is 6.91. The Labute approximate surface area is 145 Å². The number of rotatable bonds is 4. The van der Waals surface area contributed by atoms with Gasteiger partial charge in [0.2, 0.25) is 0 Å². The van der Waals surface area contributed by atoms with Gasteiger partial charge in [-0.3, -0.25) is 4.79 Å². The van der Waals surface area contributed by atoms with Crippen molar-refractivity contribution in [3.63, 3.8) is 0 Å². The van der Waals surface area contributed by atoms with Crippen molar-refractivity contribution in [3.8, 4) is 0 Å². The van der Waals surface area contributed by atoms with Gasteiger partial charge in [0.15, 0.2) is 0 Å². The van der Waals surface area contributed by atoms with Crippen molar-refractivity contribution >= 4 is 48.7 Å². The van der Waals surface area contributed by atoms with E-state index in [2.05, 4.69) is 65.1 Å². The van der Waals surface area contributed by atoms with Gasteiger partial charge in [0.05, 0.1) is 9.08 Å². The van der Waals surface area contributed by atoms with E-state index in [1.807, 2.05) is 19.2 Å². The van der Waals surface area contributed by atoms with E-state index in [1.54, 1.807) is 6.07 Å². The Morgan fingerprint density at radius 2 is 2.09 bits per heavy atom. The van der Waals surface area contributed by atoms with Crippen molar-refractivity contribution in [1.29, 1.82) is 0 Å². The lowest BCUT2D eigenvalue weighted by molar-refractivity contribution is 0.0949. The maximum absolute atomic E-state index is 12.1. The molecule has 0 saturated heterocycles. The lowest BCUT2D eigenvalue weighted by Crippen LogP contribution is -2.25. The molecule has 0 aliphatic heterocycles. The zero-order chi connectivity index (χ0) is 15.7. The minimum Gasteiger partial charge on any atom is -0.350 e. The molecule has 1 aromatic carbocycles. The first-order chi connectivity index (χ1) is 10.6. The molecular formula is C16H15Br2N3O. The van der Waals surface area contributed by atoms with Crippen molar-refractivity contribution in [2.75, 3.05) is 6.54 Å². The molecule has 114 valence electrons. The second-order valence-corrected chi connectivity index (χ2v) is 6.78. The Morgan fingerprint density at radius 1 is 1.32 bits per heavy atom. The highest BCUT2D eigenvalue weighted by atomic mass is 79.9. The molecular weight excluding hydrogens is 410 g/mol. The molecule has 2 heterocycles. The number of aromatic nitrogens is 2. The minimum atomic E-state index is -0.105. The number of hydrogen-bond donors (Lipinski definition) is 2. The Kier molecular flexibility index (Phi) is 4.40. The molecule has 4 nitrogen and oxygen atoms in total. The SMILES string of the molecule is Cn1cc(CCNC(=O)c2cc(Br)c(Br)[nH]2)c2ccccc21. The number of aromatic amines is 1. The number of benzene rings is 1. The molecule has 3 rings (SSSR count). The first kappa shape index (κ1) is 15.4. The van der Waals surface area contributed by atoms with E-state index in [1.165, 1.54) is 16.5 Å². The number of aryl methyl sites for hydroxylation is 1. The van der Waals surface area contributed by atoms with E-state index >= 15 is 0 Å². The molecule has 2 N–H and O–H groups in total. The number of nitrogens with zero attached hydrogens (tertiary/aromatic N) is 1. The Bertz CT molecular complexity index is 816. The van der Waals surface area contributed by atoms with Gasteiger partial charge in [0, 0.05) is 30.7 Å². The van der Waals surface area contributed by atoms with Gasteiger partial charge in [-0.1, -0.05) is 18.2 Å². The number of H-pyrrole nitrogens is 1. The van der Waals surface area contributed by atoms with Crippen molar-refractivity contribution in [2.24, 2.45) is 7.05 Å².